The minimum absolute atomic E-state index is 0.441. The maximum absolute atomic E-state index is 5.60. The van der Waals surface area contributed by atoms with Crippen LogP contribution in [0.25, 0.3) is 0 Å². The largest absolute Gasteiger partial charge is 0.397 e. The van der Waals surface area contributed by atoms with Crippen LogP contribution >= 0.6 is 0 Å². The number of hydrogen-bond acceptors (Lipinski definition) is 4. The molecule has 8 N–H and O–H groups in total. The van der Waals surface area contributed by atoms with Crippen LogP contribution in [0.5, 0.6) is 0 Å². The third-order valence-corrected chi connectivity index (χ3v) is 1.85. The topological polar surface area (TPSA) is 104 Å². The molecular formula is C8H14N4. The summed E-state index contributed by atoms with van der Waals surface area (Å²) < 4.78 is 0. The number of nitrogen functional groups attached to an aromatic ring is 2. The molecule has 0 unspecified atom stereocenters. The van der Waals surface area contributed by atoms with E-state index in [2.05, 4.69) is 0 Å². The zero-order valence-corrected chi connectivity index (χ0v) is 6.88. The van der Waals surface area contributed by atoms with Gasteiger partial charge in [0.1, 0.15) is 0 Å². The smallest absolute Gasteiger partial charge is 0.0551 e. The summed E-state index contributed by atoms with van der Waals surface area (Å²) in [6, 6.07) is 3.55. The van der Waals surface area contributed by atoms with Crippen molar-refractivity contribution in [2.24, 2.45) is 11.5 Å². The molecule has 0 spiro atoms. The predicted octanol–water partition coefficient (Wildman–Crippen LogP) is -0.232. The first-order chi connectivity index (χ1) is 5.69. The Morgan fingerprint density at radius 2 is 1.17 bits per heavy atom. The average molecular weight is 166 g/mol. The Bertz CT molecular complexity index is 254. The summed E-state index contributed by atoms with van der Waals surface area (Å²) in [7, 11) is 0. The van der Waals surface area contributed by atoms with E-state index in [4.69, 9.17) is 22.9 Å². The fourth-order valence-corrected chi connectivity index (χ4v) is 1.11. The van der Waals surface area contributed by atoms with E-state index >= 15 is 0 Å². The van der Waals surface area contributed by atoms with Gasteiger partial charge in [-0.3, -0.25) is 0 Å². The van der Waals surface area contributed by atoms with Crippen molar-refractivity contribution in [1.82, 2.24) is 0 Å². The molecule has 4 nitrogen and oxygen atoms in total. The molecule has 4 heteroatoms. The molecule has 1 rings (SSSR count). The van der Waals surface area contributed by atoms with Gasteiger partial charge >= 0.3 is 0 Å². The van der Waals surface area contributed by atoms with Crippen LogP contribution in [0.3, 0.4) is 0 Å². The first-order valence-corrected chi connectivity index (χ1v) is 3.76. The highest BCUT2D eigenvalue weighted by Crippen LogP contribution is 2.20. The third-order valence-electron chi connectivity index (χ3n) is 1.85. The van der Waals surface area contributed by atoms with Gasteiger partial charge in [-0.2, -0.15) is 0 Å². The zero-order chi connectivity index (χ0) is 9.14. The van der Waals surface area contributed by atoms with Crippen LogP contribution in [0.15, 0.2) is 12.1 Å². The van der Waals surface area contributed by atoms with Crippen molar-refractivity contribution < 1.29 is 0 Å². The Kier molecular flexibility index (Phi) is 2.52. The SMILES string of the molecule is NCc1cc(N)c(N)cc1CN. The Balaban J connectivity index is 3.19. The monoisotopic (exact) mass is 166 g/mol. The van der Waals surface area contributed by atoms with E-state index in [1.165, 1.54) is 0 Å². The lowest BCUT2D eigenvalue weighted by molar-refractivity contribution is 0.981. The van der Waals surface area contributed by atoms with Crippen molar-refractivity contribution in [3.63, 3.8) is 0 Å². The van der Waals surface area contributed by atoms with E-state index in [0.29, 0.717) is 24.5 Å². The molecule has 0 aliphatic heterocycles. The van der Waals surface area contributed by atoms with Crippen molar-refractivity contribution in [3.8, 4) is 0 Å². The molecule has 0 radical (unpaired) electrons. The second-order valence-electron chi connectivity index (χ2n) is 2.66. The van der Waals surface area contributed by atoms with Crippen molar-refractivity contribution in [3.05, 3.63) is 23.3 Å². The number of nitrogens with two attached hydrogens (primary N) is 4. The van der Waals surface area contributed by atoms with Crippen LogP contribution in [0.1, 0.15) is 11.1 Å². The Labute approximate surface area is 71.5 Å². The molecule has 0 saturated heterocycles. The summed E-state index contributed by atoms with van der Waals surface area (Å²) in [5.41, 5.74) is 25.2. The standard InChI is InChI=1S/C8H14N4/c9-3-5-1-7(11)8(12)2-6(5)4-10/h1-2H,3-4,9-12H2. The Morgan fingerprint density at radius 1 is 0.833 bits per heavy atom. The normalized spacial score (nSPS) is 10.2. The highest BCUT2D eigenvalue weighted by Gasteiger charge is 2.02. The zero-order valence-electron chi connectivity index (χ0n) is 6.88. The van der Waals surface area contributed by atoms with Crippen LogP contribution in [0.4, 0.5) is 11.4 Å². The minimum atomic E-state index is 0.441. The molecule has 12 heavy (non-hydrogen) atoms. The van der Waals surface area contributed by atoms with E-state index in [1.54, 1.807) is 12.1 Å². The molecule has 0 aromatic heterocycles. The van der Waals surface area contributed by atoms with Gasteiger partial charge in [0.05, 0.1) is 11.4 Å². The maximum atomic E-state index is 5.60. The molecule has 0 aliphatic rings. The van der Waals surface area contributed by atoms with Crippen LogP contribution in [0, 0.1) is 0 Å². The van der Waals surface area contributed by atoms with Gasteiger partial charge in [0.2, 0.25) is 0 Å². The number of benzene rings is 1. The molecule has 0 saturated carbocycles. The number of hydrogen-bond donors (Lipinski definition) is 4. The average Bonchev–Trinajstić information content (AvgIpc) is 2.09. The predicted molar refractivity (Wildman–Crippen MR) is 51.0 cm³/mol. The van der Waals surface area contributed by atoms with Crippen molar-refractivity contribution in [2.75, 3.05) is 11.5 Å². The van der Waals surface area contributed by atoms with E-state index in [9.17, 15) is 0 Å². The molecule has 0 amide bonds. The van der Waals surface area contributed by atoms with E-state index in [0.717, 1.165) is 11.1 Å². The third kappa shape index (κ3) is 1.49. The van der Waals surface area contributed by atoms with Gasteiger partial charge in [-0.05, 0) is 23.3 Å². The summed E-state index contributed by atoms with van der Waals surface area (Å²) in [6.07, 6.45) is 0. The molecule has 1 aromatic rings. The van der Waals surface area contributed by atoms with Gasteiger partial charge in [-0.15, -0.1) is 0 Å². The number of anilines is 2. The molecular weight excluding hydrogens is 152 g/mol. The fraction of sp³-hybridized carbons (Fsp3) is 0.250. The lowest BCUT2D eigenvalue weighted by atomic mass is 10.1. The Morgan fingerprint density at radius 3 is 1.42 bits per heavy atom. The van der Waals surface area contributed by atoms with Crippen molar-refractivity contribution in [2.45, 2.75) is 13.1 Å². The second kappa shape index (κ2) is 3.42. The van der Waals surface area contributed by atoms with E-state index in [1.807, 2.05) is 0 Å². The highest BCUT2D eigenvalue weighted by molar-refractivity contribution is 5.65. The van der Waals surface area contributed by atoms with Gasteiger partial charge in [0.15, 0.2) is 0 Å². The summed E-state index contributed by atoms with van der Waals surface area (Å²) in [6.45, 7) is 0.883. The van der Waals surface area contributed by atoms with Gasteiger partial charge in [-0.25, -0.2) is 0 Å². The summed E-state index contributed by atoms with van der Waals surface area (Å²) in [4.78, 5) is 0. The van der Waals surface area contributed by atoms with Crippen LogP contribution in [-0.2, 0) is 13.1 Å². The van der Waals surface area contributed by atoms with Gasteiger partial charge < -0.3 is 22.9 Å². The highest BCUT2D eigenvalue weighted by atomic mass is 14.7. The van der Waals surface area contributed by atoms with Gasteiger partial charge in [0.25, 0.3) is 0 Å². The van der Waals surface area contributed by atoms with Crippen molar-refractivity contribution >= 4 is 11.4 Å². The van der Waals surface area contributed by atoms with Crippen LogP contribution in [-0.4, -0.2) is 0 Å². The first-order valence-electron chi connectivity index (χ1n) is 3.76. The maximum Gasteiger partial charge on any atom is 0.0551 e. The summed E-state index contributed by atoms with van der Waals surface area (Å²) >= 11 is 0. The first kappa shape index (κ1) is 8.83. The summed E-state index contributed by atoms with van der Waals surface area (Å²) in [5.74, 6) is 0. The molecule has 0 bridgehead atoms. The molecule has 0 fully saturated rings. The lowest BCUT2D eigenvalue weighted by Crippen LogP contribution is -2.08. The lowest BCUT2D eigenvalue weighted by Gasteiger charge is -2.08. The van der Waals surface area contributed by atoms with Gasteiger partial charge in [-0.1, -0.05) is 0 Å². The van der Waals surface area contributed by atoms with Gasteiger partial charge in [0, 0.05) is 13.1 Å². The minimum Gasteiger partial charge on any atom is -0.397 e. The quantitative estimate of drug-likeness (QED) is 0.455. The molecule has 1 aromatic carbocycles. The fourth-order valence-electron chi connectivity index (χ4n) is 1.11. The van der Waals surface area contributed by atoms with Crippen LogP contribution < -0.4 is 22.9 Å². The summed E-state index contributed by atoms with van der Waals surface area (Å²) in [5, 5.41) is 0. The molecule has 0 aliphatic carbocycles. The Hall–Kier alpha value is -1.26. The van der Waals surface area contributed by atoms with Crippen molar-refractivity contribution in [1.29, 1.82) is 0 Å². The molecule has 66 valence electrons. The van der Waals surface area contributed by atoms with Crippen LogP contribution in [0.2, 0.25) is 0 Å². The van der Waals surface area contributed by atoms with E-state index in [-0.39, 0.29) is 0 Å². The molecule has 0 atom stereocenters. The number of rotatable bonds is 2. The second-order valence-corrected chi connectivity index (χ2v) is 2.66. The van der Waals surface area contributed by atoms with E-state index < -0.39 is 0 Å². The molecule has 0 heterocycles.